The molecule has 0 atom stereocenters. The molecule has 4 amide bonds. The number of imidazole rings is 3. The molecule has 0 aliphatic rings. The molecule has 1 aromatic carbocycles. The summed E-state index contributed by atoms with van der Waals surface area (Å²) in [6, 6.07) is 5.30. The Morgan fingerprint density at radius 2 is 1.09 bits per heavy atom. The molecule has 8 N–H and O–H groups in total. The number of aromatic carboxylic acids is 1. The number of hydrogen-bond donors (Lipinski definition) is 7. The highest BCUT2D eigenvalue weighted by Crippen LogP contribution is 2.15. The van der Waals surface area contributed by atoms with Crippen LogP contribution in [0.5, 0.6) is 0 Å². The van der Waals surface area contributed by atoms with Gasteiger partial charge in [0, 0.05) is 58.3 Å². The van der Waals surface area contributed by atoms with E-state index in [0.29, 0.717) is 0 Å². The number of aromatic nitrogens is 6. The van der Waals surface area contributed by atoms with Crippen LogP contribution in [0.25, 0.3) is 0 Å². The third-order valence-corrected chi connectivity index (χ3v) is 6.04. The zero-order valence-corrected chi connectivity index (χ0v) is 24.9. The Bertz CT molecular complexity index is 1790. The summed E-state index contributed by atoms with van der Waals surface area (Å²) in [6.45, 7) is 0.156. The normalized spacial score (nSPS) is 10.4. The van der Waals surface area contributed by atoms with Crippen LogP contribution in [0.4, 0.5) is 17.5 Å². The fourth-order valence-corrected chi connectivity index (χ4v) is 3.90. The van der Waals surface area contributed by atoms with E-state index < -0.39 is 29.6 Å². The van der Waals surface area contributed by atoms with Gasteiger partial charge in [-0.15, -0.1) is 12.4 Å². The number of halogens is 1. The first-order valence-corrected chi connectivity index (χ1v) is 12.8. The molecule has 4 rings (SSSR count). The Morgan fingerprint density at radius 1 is 0.711 bits per heavy atom. The lowest BCUT2D eigenvalue weighted by molar-refractivity contribution is 0.0695. The van der Waals surface area contributed by atoms with Crippen LogP contribution in [0.2, 0.25) is 0 Å². The van der Waals surface area contributed by atoms with Crippen molar-refractivity contribution in [2.24, 2.45) is 26.9 Å². The SMILES string of the molecule is Cl.Cn1cc(NC(=O)c2nc(NC(=O)c3nc(NC(=O)c4ccc(C(=O)O)cc4)cn3C)cn2C)nc1C(=O)NCCC(=N)N. The number of hydrogen-bond acceptors (Lipinski definition) is 9. The summed E-state index contributed by atoms with van der Waals surface area (Å²) < 4.78 is 4.17. The minimum absolute atomic E-state index is 0. The number of carboxylic acids is 1. The molecule has 0 bridgehead atoms. The predicted octanol–water partition coefficient (Wildman–Crippen LogP) is 0.820. The van der Waals surface area contributed by atoms with Crippen LogP contribution in [0.1, 0.15) is 59.0 Å². The lowest BCUT2D eigenvalue weighted by Crippen LogP contribution is -2.29. The van der Waals surface area contributed by atoms with Crippen molar-refractivity contribution in [1.29, 1.82) is 5.41 Å². The number of nitrogens with zero attached hydrogens (tertiary/aromatic N) is 6. The van der Waals surface area contributed by atoms with Crippen molar-refractivity contribution < 1.29 is 29.1 Å². The van der Waals surface area contributed by atoms with Crippen molar-refractivity contribution in [2.75, 3.05) is 22.5 Å². The highest BCUT2D eigenvalue weighted by atomic mass is 35.5. The van der Waals surface area contributed by atoms with Gasteiger partial charge in [0.2, 0.25) is 17.5 Å². The van der Waals surface area contributed by atoms with Crippen molar-refractivity contribution in [3.63, 3.8) is 0 Å². The maximum absolute atomic E-state index is 12.9. The van der Waals surface area contributed by atoms with Crippen LogP contribution in [0, 0.1) is 5.41 Å². The molecule has 19 heteroatoms. The van der Waals surface area contributed by atoms with E-state index >= 15 is 0 Å². The molecule has 3 aromatic heterocycles. The molecule has 3 heterocycles. The highest BCUT2D eigenvalue weighted by Gasteiger charge is 2.21. The second kappa shape index (κ2) is 14.0. The van der Waals surface area contributed by atoms with E-state index in [1.54, 1.807) is 21.1 Å². The quantitative estimate of drug-likeness (QED) is 0.0896. The molecule has 0 saturated carbocycles. The minimum Gasteiger partial charge on any atom is -0.478 e. The maximum atomic E-state index is 12.9. The van der Waals surface area contributed by atoms with E-state index in [4.69, 9.17) is 16.2 Å². The summed E-state index contributed by atoms with van der Waals surface area (Å²) in [5, 5.41) is 26.5. The van der Waals surface area contributed by atoms with Gasteiger partial charge in [-0.1, -0.05) is 0 Å². The van der Waals surface area contributed by atoms with Gasteiger partial charge in [-0.25, -0.2) is 19.7 Å². The average molecular weight is 641 g/mol. The number of amides is 4. The van der Waals surface area contributed by atoms with Crippen LogP contribution >= 0.6 is 12.4 Å². The summed E-state index contributed by atoms with van der Waals surface area (Å²) in [7, 11) is 4.66. The lowest BCUT2D eigenvalue weighted by atomic mass is 10.1. The second-order valence-corrected chi connectivity index (χ2v) is 9.46. The Hall–Kier alpha value is -6.04. The maximum Gasteiger partial charge on any atom is 0.335 e. The molecule has 236 valence electrons. The van der Waals surface area contributed by atoms with Gasteiger partial charge in [0.25, 0.3) is 23.6 Å². The molecule has 18 nitrogen and oxygen atoms in total. The van der Waals surface area contributed by atoms with Gasteiger partial charge in [-0.2, -0.15) is 0 Å². The third-order valence-electron chi connectivity index (χ3n) is 6.04. The van der Waals surface area contributed by atoms with Crippen molar-refractivity contribution in [3.05, 3.63) is 71.5 Å². The van der Waals surface area contributed by atoms with Gasteiger partial charge in [0.15, 0.2) is 17.5 Å². The zero-order valence-electron chi connectivity index (χ0n) is 24.1. The monoisotopic (exact) mass is 640 g/mol. The number of nitrogens with one attached hydrogen (secondary N) is 5. The van der Waals surface area contributed by atoms with Crippen LogP contribution in [0.15, 0.2) is 42.9 Å². The van der Waals surface area contributed by atoms with Crippen molar-refractivity contribution >= 4 is 65.3 Å². The number of anilines is 3. The number of carboxylic acid groups (broad SMARTS) is 1. The van der Waals surface area contributed by atoms with Gasteiger partial charge in [0.05, 0.1) is 11.4 Å². The summed E-state index contributed by atoms with van der Waals surface area (Å²) >= 11 is 0. The smallest absolute Gasteiger partial charge is 0.335 e. The summed E-state index contributed by atoms with van der Waals surface area (Å²) in [5.74, 6) is -3.49. The van der Waals surface area contributed by atoms with Gasteiger partial charge in [-0.3, -0.25) is 24.6 Å². The topological polar surface area (TPSA) is 257 Å². The average Bonchev–Trinajstić information content (AvgIpc) is 3.63. The first kappa shape index (κ1) is 33.5. The van der Waals surface area contributed by atoms with Gasteiger partial charge in [0.1, 0.15) is 0 Å². The number of benzene rings is 1. The van der Waals surface area contributed by atoms with E-state index in [1.807, 2.05) is 0 Å². The van der Waals surface area contributed by atoms with Crippen molar-refractivity contribution in [1.82, 2.24) is 34.0 Å². The Kier molecular flexibility index (Phi) is 10.4. The number of amidine groups is 1. The zero-order chi connectivity index (χ0) is 32.1. The number of rotatable bonds is 11. The first-order valence-electron chi connectivity index (χ1n) is 12.8. The fourth-order valence-electron chi connectivity index (χ4n) is 3.90. The minimum atomic E-state index is -1.12. The predicted molar refractivity (Wildman–Crippen MR) is 163 cm³/mol. The van der Waals surface area contributed by atoms with Crippen molar-refractivity contribution in [2.45, 2.75) is 6.42 Å². The number of carbonyl (C=O) groups excluding carboxylic acids is 4. The summed E-state index contributed by atoms with van der Waals surface area (Å²) in [4.78, 5) is 74.1. The largest absolute Gasteiger partial charge is 0.478 e. The summed E-state index contributed by atoms with van der Waals surface area (Å²) in [6.07, 6.45) is 4.44. The number of carbonyl (C=O) groups is 5. The highest BCUT2D eigenvalue weighted by molar-refractivity contribution is 6.06. The second-order valence-electron chi connectivity index (χ2n) is 9.46. The van der Waals surface area contributed by atoms with Crippen LogP contribution < -0.4 is 27.0 Å². The Balaban J connectivity index is 0.00000552. The first-order chi connectivity index (χ1) is 20.8. The van der Waals surface area contributed by atoms with Crippen molar-refractivity contribution in [3.8, 4) is 0 Å². The molecule has 0 radical (unpaired) electrons. The molecule has 4 aromatic rings. The number of nitrogens with two attached hydrogens (primary N) is 1. The summed E-state index contributed by atoms with van der Waals surface area (Å²) in [5.41, 5.74) is 5.51. The van der Waals surface area contributed by atoms with Crippen LogP contribution in [-0.4, -0.2) is 75.7 Å². The number of aryl methyl sites for hydroxylation is 3. The fraction of sp³-hybridized carbons (Fsp3) is 0.192. The van der Waals surface area contributed by atoms with Crippen LogP contribution in [0.3, 0.4) is 0 Å². The van der Waals surface area contributed by atoms with Crippen LogP contribution in [-0.2, 0) is 21.1 Å². The molecule has 0 spiro atoms. The van der Waals surface area contributed by atoms with E-state index in [1.165, 1.54) is 56.6 Å². The molecule has 0 aliphatic carbocycles. The van der Waals surface area contributed by atoms with E-state index in [2.05, 4.69) is 36.2 Å². The molecular formula is C26H29ClN12O6. The standard InChI is InChI=1S/C26H28N12O6.ClH/c1-36-11-17(30-19(36)23(40)29-9-8-15(27)28)34-25(42)21-32-18(12-38(21)3)35-24(41)20-31-16(10-37(20)2)33-22(39)13-4-6-14(7-5-13)26(43)44;/h4-7,10-12H,8-9H2,1-3H3,(H3,27,28)(H,29,40)(H,33,39)(H,34,42)(H,35,41)(H,43,44);1H. The molecule has 45 heavy (non-hydrogen) atoms. The molecule has 0 fully saturated rings. The lowest BCUT2D eigenvalue weighted by Gasteiger charge is -2.03. The van der Waals surface area contributed by atoms with Gasteiger partial charge >= 0.3 is 5.97 Å². The van der Waals surface area contributed by atoms with E-state index in [0.717, 1.165) is 0 Å². The van der Waals surface area contributed by atoms with E-state index in [9.17, 15) is 24.0 Å². The molecule has 0 aliphatic heterocycles. The Labute approximate surface area is 261 Å². The molecular weight excluding hydrogens is 612 g/mol. The Morgan fingerprint density at radius 3 is 1.49 bits per heavy atom. The molecule has 0 unspecified atom stereocenters. The molecule has 0 saturated heterocycles. The third kappa shape index (κ3) is 8.08. The van der Waals surface area contributed by atoms with E-state index in [-0.39, 0.29) is 77.3 Å². The van der Waals surface area contributed by atoms with Gasteiger partial charge < -0.3 is 45.8 Å². The van der Waals surface area contributed by atoms with Gasteiger partial charge in [-0.05, 0) is 24.3 Å².